The number of ether oxygens (including phenoxy) is 1. The summed E-state index contributed by atoms with van der Waals surface area (Å²) in [6.45, 7) is 6.21. The number of nitrogens with zero attached hydrogens (tertiary/aromatic N) is 4. The number of anilines is 4. The Morgan fingerprint density at radius 3 is 2.42 bits per heavy atom. The summed E-state index contributed by atoms with van der Waals surface area (Å²) in [6.07, 6.45) is 1.57. The Labute approximate surface area is 279 Å². The lowest BCUT2D eigenvalue weighted by molar-refractivity contribution is 0.0696. The molecule has 0 atom stereocenters. The molecule has 0 spiro atoms. The highest BCUT2D eigenvalue weighted by Gasteiger charge is 2.25. The number of sulfonamides is 1. The zero-order chi connectivity index (χ0) is 34.0. The highest BCUT2D eigenvalue weighted by molar-refractivity contribution is 7.92. The van der Waals surface area contributed by atoms with Crippen LogP contribution in [-0.2, 0) is 14.8 Å². The van der Waals surface area contributed by atoms with Crippen LogP contribution in [0.15, 0.2) is 77.8 Å². The Kier molecular flexibility index (Phi) is 9.35. The van der Waals surface area contributed by atoms with Crippen LogP contribution in [0, 0.1) is 11.6 Å². The summed E-state index contributed by atoms with van der Waals surface area (Å²) in [6, 6.07) is 16.0. The van der Waals surface area contributed by atoms with Crippen LogP contribution in [0.3, 0.4) is 0 Å². The molecule has 1 fully saturated rings. The van der Waals surface area contributed by atoms with Crippen molar-refractivity contribution in [1.82, 2.24) is 15.0 Å². The summed E-state index contributed by atoms with van der Waals surface area (Å²) in [7, 11) is -4.59. The molecule has 2 aromatic heterocycles. The van der Waals surface area contributed by atoms with Crippen molar-refractivity contribution in [3.63, 3.8) is 0 Å². The number of halogens is 2. The highest BCUT2D eigenvalue weighted by atomic mass is 32.2. The fourth-order valence-corrected chi connectivity index (χ4v) is 7.42. The van der Waals surface area contributed by atoms with E-state index in [-0.39, 0.29) is 23.1 Å². The van der Waals surface area contributed by atoms with Gasteiger partial charge in [-0.1, -0.05) is 32.0 Å². The van der Waals surface area contributed by atoms with Gasteiger partial charge in [-0.3, -0.25) is 4.72 Å². The van der Waals surface area contributed by atoms with Gasteiger partial charge in [-0.15, -0.1) is 11.3 Å². The number of aromatic carboxylic acids is 1. The van der Waals surface area contributed by atoms with E-state index in [1.165, 1.54) is 29.5 Å². The summed E-state index contributed by atoms with van der Waals surface area (Å²) in [5.74, 6) is -3.19. The fraction of sp³-hybridized carbons (Fsp3) is 0.212. The molecule has 0 amide bonds. The van der Waals surface area contributed by atoms with E-state index in [0.29, 0.717) is 59.5 Å². The van der Waals surface area contributed by atoms with E-state index in [1.807, 2.05) is 18.7 Å². The zero-order valence-corrected chi connectivity index (χ0v) is 27.4. The van der Waals surface area contributed by atoms with Crippen molar-refractivity contribution in [3.05, 3.63) is 95.1 Å². The van der Waals surface area contributed by atoms with Gasteiger partial charge in [0.05, 0.1) is 45.7 Å². The Bertz CT molecular complexity index is 2080. The van der Waals surface area contributed by atoms with Crippen LogP contribution in [0.25, 0.3) is 21.8 Å². The van der Waals surface area contributed by atoms with E-state index in [9.17, 15) is 27.1 Å². The van der Waals surface area contributed by atoms with Crippen molar-refractivity contribution in [2.45, 2.75) is 24.7 Å². The number of aromatic nitrogens is 3. The first-order valence-electron chi connectivity index (χ1n) is 14.9. The molecule has 0 bridgehead atoms. The number of nitrogens with one attached hydrogen (secondary N) is 2. The van der Waals surface area contributed by atoms with E-state index >= 15 is 0 Å². The van der Waals surface area contributed by atoms with Gasteiger partial charge < -0.3 is 20.1 Å². The standard InChI is InChI=1S/C33H30F2N6O5S2/c1-19(2)31-39-28(20-5-3-6-22(17-20)40-48(44,45)30-24(34)7-4-8-25(30)35)29(47-31)26-11-12-36-33(38-26)37-21-9-10-27(23(18-21)32(42)43)41-13-15-46-16-14-41/h3-12,17-19,40H,13-16H2,1-2H3,(H,42,43)(H,36,37,38). The normalized spacial score (nSPS) is 13.5. The van der Waals surface area contributed by atoms with Crippen LogP contribution in [0.4, 0.5) is 31.8 Å². The summed E-state index contributed by atoms with van der Waals surface area (Å²) < 4.78 is 62.2. The molecule has 0 saturated carbocycles. The van der Waals surface area contributed by atoms with Crippen LogP contribution in [-0.4, -0.2) is 60.7 Å². The number of morpholine rings is 1. The molecule has 0 radical (unpaired) electrons. The Morgan fingerprint density at radius 2 is 1.71 bits per heavy atom. The quantitative estimate of drug-likeness (QED) is 0.144. The maximum absolute atomic E-state index is 14.3. The van der Waals surface area contributed by atoms with E-state index in [2.05, 4.69) is 15.0 Å². The number of rotatable bonds is 10. The second-order valence-electron chi connectivity index (χ2n) is 11.1. The minimum atomic E-state index is -4.59. The van der Waals surface area contributed by atoms with Crippen LogP contribution in [0.2, 0.25) is 0 Å². The number of carboxylic acids is 1. The lowest BCUT2D eigenvalue weighted by Crippen LogP contribution is -2.37. The first kappa shape index (κ1) is 32.9. The molecule has 248 valence electrons. The molecule has 6 rings (SSSR count). The molecule has 1 aliphatic rings. The van der Waals surface area contributed by atoms with Gasteiger partial charge in [0.2, 0.25) is 5.95 Å². The number of thiazole rings is 1. The predicted molar refractivity (Wildman–Crippen MR) is 180 cm³/mol. The average Bonchev–Trinajstić information content (AvgIpc) is 3.51. The van der Waals surface area contributed by atoms with Gasteiger partial charge in [0.25, 0.3) is 10.0 Å². The Balaban J connectivity index is 1.32. The molecule has 48 heavy (non-hydrogen) atoms. The van der Waals surface area contributed by atoms with Crippen LogP contribution in [0.1, 0.15) is 35.1 Å². The zero-order valence-electron chi connectivity index (χ0n) is 25.8. The Morgan fingerprint density at radius 1 is 0.979 bits per heavy atom. The van der Waals surface area contributed by atoms with Crippen molar-refractivity contribution in [3.8, 4) is 21.8 Å². The van der Waals surface area contributed by atoms with Gasteiger partial charge in [-0.2, -0.15) is 0 Å². The number of benzene rings is 3. The van der Waals surface area contributed by atoms with Gasteiger partial charge in [0.15, 0.2) is 4.90 Å². The van der Waals surface area contributed by atoms with Gasteiger partial charge in [-0.25, -0.2) is 36.9 Å². The first-order chi connectivity index (χ1) is 23.0. The second-order valence-corrected chi connectivity index (χ2v) is 13.8. The van der Waals surface area contributed by atoms with Gasteiger partial charge in [0, 0.05) is 42.1 Å². The topological polar surface area (TPSA) is 147 Å². The molecule has 3 N–H and O–H groups in total. The Hall–Kier alpha value is -4.99. The molecule has 15 heteroatoms. The molecule has 0 aliphatic carbocycles. The molecule has 0 unspecified atom stereocenters. The van der Waals surface area contributed by atoms with Gasteiger partial charge in [0.1, 0.15) is 11.6 Å². The van der Waals surface area contributed by atoms with E-state index in [1.54, 1.807) is 36.5 Å². The van der Waals surface area contributed by atoms with Crippen molar-refractivity contribution in [2.75, 3.05) is 41.2 Å². The van der Waals surface area contributed by atoms with Crippen LogP contribution < -0.4 is 14.9 Å². The van der Waals surface area contributed by atoms with Crippen LogP contribution in [0.5, 0.6) is 0 Å². The van der Waals surface area contributed by atoms with Crippen molar-refractivity contribution in [1.29, 1.82) is 0 Å². The monoisotopic (exact) mass is 692 g/mol. The van der Waals surface area contributed by atoms with E-state index in [0.717, 1.165) is 23.2 Å². The molecule has 11 nitrogen and oxygen atoms in total. The third kappa shape index (κ3) is 6.98. The highest BCUT2D eigenvalue weighted by Crippen LogP contribution is 2.39. The SMILES string of the molecule is CC(C)c1nc(-c2cccc(NS(=O)(=O)c3c(F)cccc3F)c2)c(-c2ccnc(Nc3ccc(N4CCOCC4)c(C(=O)O)c3)n2)s1. The van der Waals surface area contributed by atoms with E-state index < -0.39 is 32.5 Å². The summed E-state index contributed by atoms with van der Waals surface area (Å²) >= 11 is 1.41. The molecule has 5 aromatic rings. The third-order valence-electron chi connectivity index (χ3n) is 7.44. The third-order valence-corrected chi connectivity index (χ3v) is 10.2. The van der Waals surface area contributed by atoms with Crippen molar-refractivity contribution < 1.29 is 31.8 Å². The lowest BCUT2D eigenvalue weighted by atomic mass is 10.1. The second kappa shape index (κ2) is 13.6. The fourth-order valence-electron chi connectivity index (χ4n) is 5.17. The summed E-state index contributed by atoms with van der Waals surface area (Å²) in [4.78, 5) is 27.6. The maximum Gasteiger partial charge on any atom is 0.337 e. The molecule has 1 aliphatic heterocycles. The summed E-state index contributed by atoms with van der Waals surface area (Å²) in [5.41, 5.74) is 2.90. The number of carboxylic acid groups (broad SMARTS) is 1. The molecule has 3 aromatic carbocycles. The molecular formula is C33H30F2N6O5S2. The molecular weight excluding hydrogens is 663 g/mol. The van der Waals surface area contributed by atoms with Gasteiger partial charge >= 0.3 is 5.97 Å². The van der Waals surface area contributed by atoms with E-state index in [4.69, 9.17) is 14.7 Å². The smallest absolute Gasteiger partial charge is 0.337 e. The summed E-state index contributed by atoms with van der Waals surface area (Å²) in [5, 5.41) is 13.8. The minimum absolute atomic E-state index is 0.0621. The van der Waals surface area contributed by atoms with Crippen LogP contribution >= 0.6 is 11.3 Å². The average molecular weight is 693 g/mol. The van der Waals surface area contributed by atoms with Crippen molar-refractivity contribution >= 4 is 50.3 Å². The minimum Gasteiger partial charge on any atom is -0.478 e. The largest absolute Gasteiger partial charge is 0.478 e. The maximum atomic E-state index is 14.3. The number of carbonyl (C=O) groups is 1. The molecule has 3 heterocycles. The lowest BCUT2D eigenvalue weighted by Gasteiger charge is -2.30. The molecule has 1 saturated heterocycles. The van der Waals surface area contributed by atoms with Crippen molar-refractivity contribution in [2.24, 2.45) is 0 Å². The number of hydrogen-bond donors (Lipinski definition) is 3. The number of hydrogen-bond acceptors (Lipinski definition) is 10. The predicted octanol–water partition coefficient (Wildman–Crippen LogP) is 6.75. The first-order valence-corrected chi connectivity index (χ1v) is 17.2. The van der Waals surface area contributed by atoms with Gasteiger partial charge in [-0.05, 0) is 48.5 Å².